The molecule has 0 spiro atoms. The zero-order valence-electron chi connectivity index (χ0n) is 23.0. The molecule has 0 radical (unpaired) electrons. The number of aromatic nitrogens is 4. The summed E-state index contributed by atoms with van der Waals surface area (Å²) in [5.74, 6) is -0.558. The summed E-state index contributed by atoms with van der Waals surface area (Å²) >= 11 is 0. The summed E-state index contributed by atoms with van der Waals surface area (Å²) < 4.78 is 55.6. The molecule has 15 heteroatoms. The van der Waals surface area contributed by atoms with E-state index in [4.69, 9.17) is 9.47 Å². The monoisotopic (exact) mass is 567 g/mol. The van der Waals surface area contributed by atoms with E-state index in [-0.39, 0.29) is 29.9 Å². The maximum atomic E-state index is 13.5. The van der Waals surface area contributed by atoms with Gasteiger partial charge in [-0.15, -0.1) is 0 Å². The van der Waals surface area contributed by atoms with Crippen molar-refractivity contribution in [1.82, 2.24) is 35.8 Å². The number of imidazole rings is 1. The SMILES string of the molecule is COC[C@@H](c1ccc2nc(C(COC(C)(C)C(F)(F)F)NC(=O)c3nonc3C)[nH]c2c1)N1CC(C)(C)NC1=O. The van der Waals surface area contributed by atoms with Crippen LogP contribution in [0, 0.1) is 6.92 Å². The molecule has 0 saturated carbocycles. The zero-order chi connectivity index (χ0) is 29.5. The third-order valence-electron chi connectivity index (χ3n) is 6.68. The van der Waals surface area contributed by atoms with E-state index in [2.05, 4.69) is 35.5 Å². The Hall–Kier alpha value is -3.72. The largest absolute Gasteiger partial charge is 0.416 e. The molecule has 2 aromatic heterocycles. The Balaban J connectivity index is 1.65. The van der Waals surface area contributed by atoms with Crippen LogP contribution in [0.1, 0.15) is 67.3 Å². The quantitative estimate of drug-likeness (QED) is 0.337. The van der Waals surface area contributed by atoms with Crippen molar-refractivity contribution in [2.24, 2.45) is 0 Å². The van der Waals surface area contributed by atoms with Crippen molar-refractivity contribution < 1.29 is 36.9 Å². The number of nitrogens with one attached hydrogen (secondary N) is 3. The second kappa shape index (κ2) is 10.7. The molecular formula is C25H32F3N7O5. The van der Waals surface area contributed by atoms with Gasteiger partial charge in [0.1, 0.15) is 17.6 Å². The molecule has 2 atom stereocenters. The molecule has 12 nitrogen and oxygen atoms in total. The number of H-pyrrole nitrogens is 1. The van der Waals surface area contributed by atoms with Crippen LogP contribution >= 0.6 is 0 Å². The van der Waals surface area contributed by atoms with Crippen LogP contribution < -0.4 is 10.6 Å². The van der Waals surface area contributed by atoms with Gasteiger partial charge in [-0.1, -0.05) is 11.2 Å². The number of urea groups is 1. The lowest BCUT2D eigenvalue weighted by Gasteiger charge is -2.29. The minimum atomic E-state index is -4.65. The smallest absolute Gasteiger partial charge is 0.382 e. The number of hydrogen-bond donors (Lipinski definition) is 3. The van der Waals surface area contributed by atoms with E-state index in [1.165, 1.54) is 6.92 Å². The number of carbonyl (C=O) groups is 2. The fourth-order valence-corrected chi connectivity index (χ4v) is 4.32. The van der Waals surface area contributed by atoms with Crippen LogP contribution in [0.4, 0.5) is 18.0 Å². The van der Waals surface area contributed by atoms with E-state index in [0.717, 1.165) is 19.4 Å². The minimum Gasteiger partial charge on any atom is -0.382 e. The fraction of sp³-hybridized carbons (Fsp3) is 0.560. The number of aryl methyl sites for hydroxylation is 1. The van der Waals surface area contributed by atoms with Crippen molar-refractivity contribution in [1.29, 1.82) is 0 Å². The summed E-state index contributed by atoms with van der Waals surface area (Å²) in [6.45, 7) is 7.29. The number of methoxy groups -OCH3 is 1. The molecule has 1 fully saturated rings. The molecule has 3 aromatic rings. The van der Waals surface area contributed by atoms with Gasteiger partial charge in [-0.3, -0.25) is 4.79 Å². The number of aromatic amines is 1. The van der Waals surface area contributed by atoms with E-state index in [1.807, 2.05) is 13.8 Å². The summed E-state index contributed by atoms with van der Waals surface area (Å²) in [5, 5.41) is 12.7. The van der Waals surface area contributed by atoms with Crippen LogP contribution in [0.2, 0.25) is 0 Å². The van der Waals surface area contributed by atoms with Crippen molar-refractivity contribution in [3.8, 4) is 0 Å². The molecule has 0 bridgehead atoms. The van der Waals surface area contributed by atoms with Crippen LogP contribution in [-0.2, 0) is 9.47 Å². The Morgan fingerprint density at radius 2 is 1.98 bits per heavy atom. The molecule has 3 N–H and O–H groups in total. The topological polar surface area (TPSA) is 147 Å². The number of hydrogen-bond acceptors (Lipinski definition) is 8. The number of ether oxygens (including phenoxy) is 2. The standard InChI is InChI=1S/C25H32F3N7O5/c1-13-19(34-40-33-13)21(36)31-17(10-39-24(4,5)25(26,27)28)20-29-15-8-7-14(9-16(15)30-20)18(11-38-6)35-12-23(2,3)32-22(35)37/h7-9,17-18H,10-12H2,1-6H3,(H,29,30)(H,31,36)(H,32,37)/t17?,18-/m0/s1. The van der Waals surface area contributed by atoms with Gasteiger partial charge in [0.2, 0.25) is 0 Å². The summed E-state index contributed by atoms with van der Waals surface area (Å²) in [4.78, 5) is 34.8. The molecule has 3 amide bonds. The first kappa shape index (κ1) is 29.3. The molecule has 4 rings (SSSR count). The lowest BCUT2D eigenvalue weighted by atomic mass is 10.0. The maximum absolute atomic E-state index is 13.5. The second-order valence-electron chi connectivity index (χ2n) is 10.9. The normalized spacial score (nSPS) is 17.2. The highest BCUT2D eigenvalue weighted by Gasteiger charge is 2.49. The number of amides is 3. The summed E-state index contributed by atoms with van der Waals surface area (Å²) in [6.07, 6.45) is -4.65. The van der Waals surface area contributed by atoms with Gasteiger partial charge in [-0.25, -0.2) is 14.4 Å². The third-order valence-corrected chi connectivity index (χ3v) is 6.68. The lowest BCUT2D eigenvalue weighted by molar-refractivity contribution is -0.265. The molecule has 218 valence electrons. The molecule has 40 heavy (non-hydrogen) atoms. The molecule has 1 unspecified atom stereocenters. The van der Waals surface area contributed by atoms with Gasteiger partial charge in [0.25, 0.3) is 5.91 Å². The number of benzene rings is 1. The van der Waals surface area contributed by atoms with Gasteiger partial charge in [0.05, 0.1) is 35.8 Å². The van der Waals surface area contributed by atoms with Crippen molar-refractivity contribution >= 4 is 23.0 Å². The van der Waals surface area contributed by atoms with Gasteiger partial charge in [-0.2, -0.15) is 13.2 Å². The molecule has 1 aliphatic heterocycles. The number of rotatable bonds is 10. The number of fused-ring (bicyclic) bond motifs is 1. The number of carbonyl (C=O) groups excluding carboxylic acids is 2. The molecular weight excluding hydrogens is 535 g/mol. The Kier molecular flexibility index (Phi) is 7.82. The van der Waals surface area contributed by atoms with E-state index in [1.54, 1.807) is 30.2 Å². The number of nitrogens with zero attached hydrogens (tertiary/aromatic N) is 4. The molecule has 1 aliphatic rings. The minimum absolute atomic E-state index is 0.118. The molecule has 3 heterocycles. The zero-order valence-corrected chi connectivity index (χ0v) is 23.0. The van der Waals surface area contributed by atoms with E-state index in [0.29, 0.717) is 17.6 Å². The molecule has 0 aliphatic carbocycles. The second-order valence-corrected chi connectivity index (χ2v) is 10.9. The highest BCUT2D eigenvalue weighted by Crippen LogP contribution is 2.34. The van der Waals surface area contributed by atoms with E-state index in [9.17, 15) is 22.8 Å². The number of halogens is 3. The Morgan fingerprint density at radius 3 is 2.55 bits per heavy atom. The van der Waals surface area contributed by atoms with Gasteiger partial charge < -0.3 is 30.0 Å². The van der Waals surface area contributed by atoms with Crippen molar-refractivity contribution in [2.75, 3.05) is 26.9 Å². The van der Waals surface area contributed by atoms with Gasteiger partial charge in [-0.05, 0) is 57.5 Å². The summed E-state index contributed by atoms with van der Waals surface area (Å²) in [5.41, 5.74) is -1.01. The van der Waals surface area contributed by atoms with Crippen LogP contribution in [0.3, 0.4) is 0 Å². The van der Waals surface area contributed by atoms with Crippen molar-refractivity contribution in [2.45, 2.75) is 64.0 Å². The fourth-order valence-electron chi connectivity index (χ4n) is 4.32. The Bertz CT molecular complexity index is 1380. The predicted octanol–water partition coefficient (Wildman–Crippen LogP) is 3.57. The average molecular weight is 568 g/mol. The van der Waals surface area contributed by atoms with Gasteiger partial charge >= 0.3 is 12.2 Å². The van der Waals surface area contributed by atoms with Gasteiger partial charge in [0.15, 0.2) is 11.3 Å². The first-order valence-corrected chi connectivity index (χ1v) is 12.5. The lowest BCUT2D eigenvalue weighted by Crippen LogP contribution is -2.44. The number of alkyl halides is 3. The molecule has 1 saturated heterocycles. The van der Waals surface area contributed by atoms with Crippen LogP contribution in [0.5, 0.6) is 0 Å². The van der Waals surface area contributed by atoms with E-state index >= 15 is 0 Å². The first-order valence-electron chi connectivity index (χ1n) is 12.5. The highest BCUT2D eigenvalue weighted by atomic mass is 19.4. The van der Waals surface area contributed by atoms with Crippen molar-refractivity contribution in [3.63, 3.8) is 0 Å². The van der Waals surface area contributed by atoms with Crippen LogP contribution in [-0.4, -0.2) is 81.3 Å². The summed E-state index contributed by atoms with van der Waals surface area (Å²) in [6, 6.07) is 3.58. The third kappa shape index (κ3) is 6.04. The van der Waals surface area contributed by atoms with Crippen LogP contribution in [0.15, 0.2) is 22.8 Å². The Labute approximate surface area is 227 Å². The Morgan fingerprint density at radius 1 is 1.25 bits per heavy atom. The van der Waals surface area contributed by atoms with Gasteiger partial charge in [0, 0.05) is 13.7 Å². The highest BCUT2D eigenvalue weighted by molar-refractivity contribution is 5.93. The first-order chi connectivity index (χ1) is 18.6. The molecule has 1 aromatic carbocycles. The average Bonchev–Trinajstić information content (AvgIpc) is 3.54. The summed E-state index contributed by atoms with van der Waals surface area (Å²) in [7, 11) is 1.54. The van der Waals surface area contributed by atoms with Crippen LogP contribution in [0.25, 0.3) is 11.0 Å². The van der Waals surface area contributed by atoms with E-state index < -0.39 is 41.9 Å². The maximum Gasteiger partial charge on any atom is 0.416 e. The van der Waals surface area contributed by atoms with Crippen molar-refractivity contribution in [3.05, 3.63) is 41.0 Å². The predicted molar refractivity (Wildman–Crippen MR) is 135 cm³/mol.